The lowest BCUT2D eigenvalue weighted by atomic mass is 9.95. The van der Waals surface area contributed by atoms with Crippen LogP contribution in [0.3, 0.4) is 0 Å². The standard InChI is InChI=1S/C22H25NO4/c1-12-9-17-20(21-19(12)13(2)11-26-21)14(3)16(22(25)27-17)10-18(24)23-15-7-5-4-6-8-15/h9,11,15H,4-8,10H2,1-3H3,(H,23,24). The molecule has 0 aliphatic heterocycles. The summed E-state index contributed by atoms with van der Waals surface area (Å²) in [7, 11) is 0. The molecule has 1 aliphatic carbocycles. The number of aryl methyl sites for hydroxylation is 3. The minimum absolute atomic E-state index is 0.0374. The van der Waals surface area contributed by atoms with Crippen molar-refractivity contribution in [3.8, 4) is 0 Å². The van der Waals surface area contributed by atoms with Crippen molar-refractivity contribution in [1.29, 1.82) is 0 Å². The lowest BCUT2D eigenvalue weighted by Crippen LogP contribution is -2.37. The van der Waals surface area contributed by atoms with Crippen molar-refractivity contribution in [2.75, 3.05) is 0 Å². The van der Waals surface area contributed by atoms with Crippen molar-refractivity contribution in [1.82, 2.24) is 5.32 Å². The van der Waals surface area contributed by atoms with Crippen LogP contribution in [0.1, 0.15) is 54.4 Å². The van der Waals surface area contributed by atoms with Crippen LogP contribution in [0.4, 0.5) is 0 Å². The molecule has 5 heteroatoms. The third kappa shape index (κ3) is 3.15. The average Bonchev–Trinajstić information content (AvgIpc) is 3.01. The summed E-state index contributed by atoms with van der Waals surface area (Å²) in [5.41, 5.74) is 4.02. The number of fused-ring (bicyclic) bond motifs is 3. The first-order chi connectivity index (χ1) is 13.0. The van der Waals surface area contributed by atoms with Crippen molar-refractivity contribution in [2.24, 2.45) is 0 Å². The number of benzene rings is 1. The van der Waals surface area contributed by atoms with Crippen LogP contribution in [0.15, 0.2) is 26.0 Å². The van der Waals surface area contributed by atoms with Crippen molar-refractivity contribution < 1.29 is 13.6 Å². The second-order valence-electron chi connectivity index (χ2n) is 7.76. The quantitative estimate of drug-likeness (QED) is 0.694. The van der Waals surface area contributed by atoms with E-state index in [9.17, 15) is 9.59 Å². The van der Waals surface area contributed by atoms with Crippen LogP contribution in [-0.4, -0.2) is 11.9 Å². The predicted molar refractivity (Wildman–Crippen MR) is 105 cm³/mol. The normalized spacial score (nSPS) is 15.5. The fourth-order valence-corrected chi connectivity index (χ4v) is 4.36. The van der Waals surface area contributed by atoms with Gasteiger partial charge in [0.25, 0.3) is 0 Å². The summed E-state index contributed by atoms with van der Waals surface area (Å²) in [6.45, 7) is 5.85. The van der Waals surface area contributed by atoms with E-state index in [2.05, 4.69) is 5.32 Å². The number of rotatable bonds is 3. The number of hydrogen-bond acceptors (Lipinski definition) is 4. The molecule has 0 unspecified atom stereocenters. The Labute approximate surface area is 157 Å². The molecule has 0 bridgehead atoms. The molecule has 0 atom stereocenters. The highest BCUT2D eigenvalue weighted by molar-refractivity contribution is 6.07. The summed E-state index contributed by atoms with van der Waals surface area (Å²) in [6.07, 6.45) is 7.32. The summed E-state index contributed by atoms with van der Waals surface area (Å²) >= 11 is 0. The van der Waals surface area contributed by atoms with Crippen LogP contribution >= 0.6 is 0 Å². The third-order valence-corrected chi connectivity index (χ3v) is 5.77. The van der Waals surface area contributed by atoms with E-state index < -0.39 is 5.63 Å². The molecule has 4 rings (SSSR count). The minimum Gasteiger partial charge on any atom is -0.463 e. The van der Waals surface area contributed by atoms with Gasteiger partial charge in [-0.3, -0.25) is 4.79 Å². The Morgan fingerprint density at radius 1 is 1.11 bits per heavy atom. The second kappa shape index (κ2) is 6.87. The molecule has 1 aromatic carbocycles. The number of amides is 1. The largest absolute Gasteiger partial charge is 0.463 e. The van der Waals surface area contributed by atoms with Crippen molar-refractivity contribution in [3.63, 3.8) is 0 Å². The van der Waals surface area contributed by atoms with Crippen LogP contribution in [-0.2, 0) is 11.2 Å². The zero-order chi connectivity index (χ0) is 19.1. The Hall–Kier alpha value is -2.56. The van der Waals surface area contributed by atoms with Crippen LogP contribution in [0, 0.1) is 20.8 Å². The van der Waals surface area contributed by atoms with E-state index in [1.807, 2.05) is 26.8 Å². The fraction of sp³-hybridized carbons (Fsp3) is 0.455. The van der Waals surface area contributed by atoms with Gasteiger partial charge in [-0.1, -0.05) is 19.3 Å². The zero-order valence-corrected chi connectivity index (χ0v) is 16.1. The fourth-order valence-electron chi connectivity index (χ4n) is 4.36. The third-order valence-electron chi connectivity index (χ3n) is 5.77. The summed E-state index contributed by atoms with van der Waals surface area (Å²) in [6, 6.07) is 2.10. The summed E-state index contributed by atoms with van der Waals surface area (Å²) in [4.78, 5) is 25.1. The predicted octanol–water partition coefficient (Wildman–Crippen LogP) is 4.46. The number of carbonyl (C=O) groups is 1. The van der Waals surface area contributed by atoms with Gasteiger partial charge in [-0.05, 0) is 56.4 Å². The van der Waals surface area contributed by atoms with Gasteiger partial charge in [0.15, 0.2) is 0 Å². The summed E-state index contributed by atoms with van der Waals surface area (Å²) in [5, 5.41) is 4.90. The molecular formula is C22H25NO4. The average molecular weight is 367 g/mol. The van der Waals surface area contributed by atoms with Gasteiger partial charge in [0, 0.05) is 11.4 Å². The highest BCUT2D eigenvalue weighted by Crippen LogP contribution is 2.34. The molecule has 1 saturated carbocycles. The maximum Gasteiger partial charge on any atom is 0.340 e. The monoisotopic (exact) mass is 367 g/mol. The van der Waals surface area contributed by atoms with Crippen molar-refractivity contribution >= 4 is 27.8 Å². The summed E-state index contributed by atoms with van der Waals surface area (Å²) in [5.74, 6) is -0.115. The van der Waals surface area contributed by atoms with Gasteiger partial charge in [-0.2, -0.15) is 0 Å². The Bertz CT molecular complexity index is 1080. The number of hydrogen-bond donors (Lipinski definition) is 1. The lowest BCUT2D eigenvalue weighted by Gasteiger charge is -2.22. The maximum atomic E-state index is 12.6. The van der Waals surface area contributed by atoms with Gasteiger partial charge in [-0.15, -0.1) is 0 Å². The molecule has 0 spiro atoms. The maximum absolute atomic E-state index is 12.6. The molecule has 5 nitrogen and oxygen atoms in total. The molecule has 27 heavy (non-hydrogen) atoms. The molecular weight excluding hydrogens is 342 g/mol. The number of nitrogens with one attached hydrogen (secondary N) is 1. The topological polar surface area (TPSA) is 72.5 Å². The van der Waals surface area contributed by atoms with Crippen molar-refractivity contribution in [3.05, 3.63) is 45.0 Å². The van der Waals surface area contributed by atoms with Gasteiger partial charge in [0.2, 0.25) is 5.91 Å². The minimum atomic E-state index is -0.444. The van der Waals surface area contributed by atoms with Crippen LogP contribution < -0.4 is 10.9 Å². The Kier molecular flexibility index (Phi) is 4.54. The molecule has 2 aromatic heterocycles. The van der Waals surface area contributed by atoms with Crippen molar-refractivity contribution in [2.45, 2.75) is 65.3 Å². The van der Waals surface area contributed by atoms with Gasteiger partial charge in [-0.25, -0.2) is 4.79 Å². The SMILES string of the molecule is Cc1coc2c1c(C)cc1oc(=O)c(CC(=O)NC3CCCCC3)c(C)c12. The van der Waals surface area contributed by atoms with E-state index >= 15 is 0 Å². The van der Waals surface area contributed by atoms with Crippen LogP contribution in [0.2, 0.25) is 0 Å². The molecule has 3 aromatic rings. The zero-order valence-electron chi connectivity index (χ0n) is 16.1. The van der Waals surface area contributed by atoms with E-state index in [-0.39, 0.29) is 18.4 Å². The molecule has 0 saturated heterocycles. The van der Waals surface area contributed by atoms with Gasteiger partial charge in [0.05, 0.1) is 23.6 Å². The van der Waals surface area contributed by atoms with E-state index in [0.29, 0.717) is 11.1 Å². The Balaban J connectivity index is 1.74. The van der Waals surface area contributed by atoms with Gasteiger partial charge < -0.3 is 14.2 Å². The molecule has 142 valence electrons. The molecule has 1 amide bonds. The summed E-state index contributed by atoms with van der Waals surface area (Å²) < 4.78 is 11.3. The van der Waals surface area contributed by atoms with E-state index in [1.54, 1.807) is 6.26 Å². The lowest BCUT2D eigenvalue weighted by molar-refractivity contribution is -0.121. The first-order valence-corrected chi connectivity index (χ1v) is 9.68. The molecule has 1 aliphatic rings. The number of furan rings is 1. The molecule has 2 heterocycles. The Morgan fingerprint density at radius 2 is 1.85 bits per heavy atom. The molecule has 0 radical (unpaired) electrons. The smallest absolute Gasteiger partial charge is 0.340 e. The van der Waals surface area contributed by atoms with Gasteiger partial charge in [0.1, 0.15) is 11.2 Å². The highest BCUT2D eigenvalue weighted by Gasteiger charge is 2.21. The van der Waals surface area contributed by atoms with Crippen LogP contribution in [0.25, 0.3) is 21.9 Å². The highest BCUT2D eigenvalue weighted by atomic mass is 16.4. The van der Waals surface area contributed by atoms with Crippen LogP contribution in [0.5, 0.6) is 0 Å². The van der Waals surface area contributed by atoms with E-state index in [1.165, 1.54) is 6.42 Å². The first-order valence-electron chi connectivity index (χ1n) is 9.68. The van der Waals surface area contributed by atoms with E-state index in [0.717, 1.165) is 58.7 Å². The molecule has 1 N–H and O–H groups in total. The number of carbonyl (C=O) groups excluding carboxylic acids is 1. The van der Waals surface area contributed by atoms with Gasteiger partial charge >= 0.3 is 5.63 Å². The molecule has 1 fully saturated rings. The Morgan fingerprint density at radius 3 is 2.59 bits per heavy atom. The second-order valence-corrected chi connectivity index (χ2v) is 7.76. The van der Waals surface area contributed by atoms with E-state index in [4.69, 9.17) is 8.83 Å². The first kappa shape index (κ1) is 17.8.